The maximum absolute atomic E-state index is 11.6. The fourth-order valence-corrected chi connectivity index (χ4v) is 1.65. The molecule has 0 spiro atoms. The van der Waals surface area contributed by atoms with Gasteiger partial charge in [-0.25, -0.2) is 0 Å². The van der Waals surface area contributed by atoms with Crippen molar-refractivity contribution in [2.45, 2.75) is 39.7 Å². The van der Waals surface area contributed by atoms with E-state index < -0.39 is 6.09 Å². The fraction of sp³-hybridized carbons (Fsp3) is 0.909. The van der Waals surface area contributed by atoms with Gasteiger partial charge in [-0.15, -0.1) is 10.5 Å². The number of azide groups is 1. The third-order valence-corrected chi connectivity index (χ3v) is 2.73. The van der Waals surface area contributed by atoms with E-state index in [0.29, 0.717) is 6.54 Å². The van der Waals surface area contributed by atoms with Crippen LogP contribution in [-0.2, 0) is 9.47 Å². The molecule has 0 N–H and O–H groups in total. The van der Waals surface area contributed by atoms with Crippen LogP contribution in [0.3, 0.4) is 0 Å². The van der Waals surface area contributed by atoms with Gasteiger partial charge in [-0.1, -0.05) is 13.3 Å². The normalized spacial score (nSPS) is 13.3. The standard InChI is InChI=1S/C11H22N4O3/c1-5-7-10(9(3)17-4)8-15(14-13-12)11(16)18-6-2/h9-10H,5-8H2,1-4H3. The molecule has 2 atom stereocenters. The van der Waals surface area contributed by atoms with Gasteiger partial charge in [0, 0.05) is 13.0 Å². The Morgan fingerprint density at radius 1 is 1.50 bits per heavy atom. The molecule has 0 saturated carbocycles. The summed E-state index contributed by atoms with van der Waals surface area (Å²) >= 11 is 0. The van der Waals surface area contributed by atoms with E-state index in [2.05, 4.69) is 17.1 Å². The third-order valence-electron chi connectivity index (χ3n) is 2.73. The van der Waals surface area contributed by atoms with E-state index in [0.717, 1.165) is 17.9 Å². The molecule has 104 valence electrons. The van der Waals surface area contributed by atoms with E-state index in [4.69, 9.17) is 15.0 Å². The van der Waals surface area contributed by atoms with E-state index in [-0.39, 0.29) is 18.6 Å². The Balaban J connectivity index is 4.69. The maximum Gasteiger partial charge on any atom is 0.510 e. The molecule has 0 aliphatic rings. The maximum atomic E-state index is 11.6. The number of carbonyl (C=O) groups is 1. The van der Waals surface area contributed by atoms with Crippen molar-refractivity contribution in [3.63, 3.8) is 0 Å². The van der Waals surface area contributed by atoms with Crippen LogP contribution < -0.4 is 0 Å². The summed E-state index contributed by atoms with van der Waals surface area (Å²) in [5.74, 6) is 0.106. The smallest absolute Gasteiger partial charge is 0.431 e. The number of methoxy groups -OCH3 is 1. The lowest BCUT2D eigenvalue weighted by Crippen LogP contribution is -2.35. The lowest BCUT2D eigenvalue weighted by molar-refractivity contribution is 0.0391. The zero-order valence-corrected chi connectivity index (χ0v) is 11.5. The molecule has 7 nitrogen and oxygen atoms in total. The van der Waals surface area contributed by atoms with Crippen LogP contribution in [0.15, 0.2) is 5.22 Å². The minimum atomic E-state index is -0.625. The molecule has 0 aromatic carbocycles. The Morgan fingerprint density at radius 3 is 2.61 bits per heavy atom. The third kappa shape index (κ3) is 5.75. The predicted octanol–water partition coefficient (Wildman–Crippen LogP) is 3.12. The molecular formula is C11H22N4O3. The van der Waals surface area contributed by atoms with Gasteiger partial charge in [0.2, 0.25) is 0 Å². The molecule has 1 amide bonds. The number of hydrogen-bond donors (Lipinski definition) is 0. The van der Waals surface area contributed by atoms with Crippen molar-refractivity contribution >= 4 is 6.09 Å². The summed E-state index contributed by atoms with van der Waals surface area (Å²) in [7, 11) is 1.62. The van der Waals surface area contributed by atoms with Gasteiger partial charge in [-0.3, -0.25) is 0 Å². The highest BCUT2D eigenvalue weighted by molar-refractivity contribution is 5.67. The number of rotatable bonds is 8. The second-order valence-corrected chi connectivity index (χ2v) is 3.95. The van der Waals surface area contributed by atoms with E-state index in [9.17, 15) is 4.79 Å². The molecule has 0 aliphatic carbocycles. The van der Waals surface area contributed by atoms with Crippen LogP contribution in [0.2, 0.25) is 0 Å². The Morgan fingerprint density at radius 2 is 2.17 bits per heavy atom. The SMILES string of the molecule is CCCC(CN(N=[N+]=[N-])C(=O)OCC)C(C)OC. The summed E-state index contributed by atoms with van der Waals surface area (Å²) in [6, 6.07) is 0. The highest BCUT2D eigenvalue weighted by Gasteiger charge is 2.26. The first-order valence-electron chi connectivity index (χ1n) is 6.12. The summed E-state index contributed by atoms with van der Waals surface area (Å²) in [5.41, 5.74) is 8.47. The second-order valence-electron chi connectivity index (χ2n) is 3.95. The highest BCUT2D eigenvalue weighted by atomic mass is 16.6. The molecule has 2 unspecified atom stereocenters. The Kier molecular flexibility index (Phi) is 8.78. The Bertz CT molecular complexity index is 292. The molecule has 0 aromatic rings. The van der Waals surface area contributed by atoms with Crippen LogP contribution in [0.5, 0.6) is 0 Å². The first-order chi connectivity index (χ1) is 8.60. The van der Waals surface area contributed by atoms with Gasteiger partial charge in [0.25, 0.3) is 0 Å². The van der Waals surface area contributed by atoms with Crippen molar-refractivity contribution in [3.8, 4) is 0 Å². The van der Waals surface area contributed by atoms with Gasteiger partial charge in [0.1, 0.15) is 6.54 Å². The van der Waals surface area contributed by atoms with Crippen molar-refractivity contribution in [1.82, 2.24) is 5.01 Å². The average Bonchev–Trinajstić information content (AvgIpc) is 2.36. The molecular weight excluding hydrogens is 236 g/mol. The van der Waals surface area contributed by atoms with Crippen molar-refractivity contribution < 1.29 is 14.3 Å². The van der Waals surface area contributed by atoms with Crippen LogP contribution in [0, 0.1) is 5.92 Å². The molecule has 0 aromatic heterocycles. The highest BCUT2D eigenvalue weighted by Crippen LogP contribution is 2.16. The number of hydrogen-bond acceptors (Lipinski definition) is 4. The first-order valence-corrected chi connectivity index (χ1v) is 6.12. The molecule has 0 heterocycles. The van der Waals surface area contributed by atoms with Crippen LogP contribution in [0.25, 0.3) is 10.4 Å². The van der Waals surface area contributed by atoms with Gasteiger partial charge in [0.15, 0.2) is 0 Å². The summed E-state index contributed by atoms with van der Waals surface area (Å²) in [6.07, 6.45) is 1.20. The summed E-state index contributed by atoms with van der Waals surface area (Å²) in [4.78, 5) is 14.2. The molecule has 0 bridgehead atoms. The Hall–Kier alpha value is -1.46. The second kappa shape index (κ2) is 9.56. The van der Waals surface area contributed by atoms with E-state index >= 15 is 0 Å². The van der Waals surface area contributed by atoms with Crippen molar-refractivity contribution in [3.05, 3.63) is 10.4 Å². The first kappa shape index (κ1) is 16.5. The molecule has 0 rings (SSSR count). The zero-order valence-electron chi connectivity index (χ0n) is 11.5. The van der Waals surface area contributed by atoms with Gasteiger partial charge < -0.3 is 9.47 Å². The van der Waals surface area contributed by atoms with Crippen LogP contribution in [0.1, 0.15) is 33.6 Å². The average molecular weight is 258 g/mol. The van der Waals surface area contributed by atoms with Gasteiger partial charge in [-0.05, 0) is 25.5 Å². The number of nitrogens with zero attached hydrogens (tertiary/aromatic N) is 4. The van der Waals surface area contributed by atoms with Crippen molar-refractivity contribution in [2.75, 3.05) is 20.3 Å². The quantitative estimate of drug-likeness (QED) is 0.290. The molecule has 7 heteroatoms. The van der Waals surface area contributed by atoms with Crippen molar-refractivity contribution in [2.24, 2.45) is 11.1 Å². The van der Waals surface area contributed by atoms with Gasteiger partial charge in [-0.2, -0.15) is 9.71 Å². The summed E-state index contributed by atoms with van der Waals surface area (Å²) in [5, 5.41) is 4.38. The topological polar surface area (TPSA) is 87.5 Å². The summed E-state index contributed by atoms with van der Waals surface area (Å²) < 4.78 is 10.1. The van der Waals surface area contributed by atoms with E-state index in [1.807, 2.05) is 6.92 Å². The largest absolute Gasteiger partial charge is 0.510 e. The molecule has 0 aliphatic heterocycles. The zero-order chi connectivity index (χ0) is 14.0. The van der Waals surface area contributed by atoms with Crippen molar-refractivity contribution in [1.29, 1.82) is 0 Å². The minimum Gasteiger partial charge on any atom is -0.431 e. The number of ether oxygens (including phenoxy) is 2. The van der Waals surface area contributed by atoms with E-state index in [1.165, 1.54) is 0 Å². The fourth-order valence-electron chi connectivity index (χ4n) is 1.65. The van der Waals surface area contributed by atoms with Gasteiger partial charge >= 0.3 is 6.09 Å². The van der Waals surface area contributed by atoms with Crippen LogP contribution in [-0.4, -0.2) is 37.5 Å². The van der Waals surface area contributed by atoms with Gasteiger partial charge in [0.05, 0.1) is 12.7 Å². The minimum absolute atomic E-state index is 0.0178. The number of amides is 1. The van der Waals surface area contributed by atoms with Crippen LogP contribution in [0.4, 0.5) is 4.79 Å². The van der Waals surface area contributed by atoms with E-state index in [1.54, 1.807) is 14.0 Å². The molecule has 0 radical (unpaired) electrons. The molecule has 18 heavy (non-hydrogen) atoms. The monoisotopic (exact) mass is 258 g/mol. The Labute approximate surface area is 108 Å². The summed E-state index contributed by atoms with van der Waals surface area (Å²) in [6.45, 7) is 6.23. The molecule has 0 saturated heterocycles. The number of carbonyl (C=O) groups excluding carboxylic acids is 1. The molecule has 0 fully saturated rings. The lowest BCUT2D eigenvalue weighted by atomic mass is 9.98. The van der Waals surface area contributed by atoms with Crippen LogP contribution >= 0.6 is 0 Å². The lowest BCUT2D eigenvalue weighted by Gasteiger charge is -2.23. The predicted molar refractivity (Wildman–Crippen MR) is 67.7 cm³/mol.